The van der Waals surface area contributed by atoms with E-state index in [0.717, 1.165) is 22.6 Å². The molecule has 2 aromatic rings. The lowest BCUT2D eigenvalue weighted by atomic mass is 9.87. The molecule has 1 atom stereocenters. The number of aryl methyl sites for hydroxylation is 3. The van der Waals surface area contributed by atoms with E-state index in [1.54, 1.807) is 6.92 Å². The van der Waals surface area contributed by atoms with Crippen LogP contribution in [0.15, 0.2) is 30.3 Å². The Morgan fingerprint density at radius 3 is 2.44 bits per heavy atom. The Morgan fingerprint density at radius 2 is 1.84 bits per heavy atom. The van der Waals surface area contributed by atoms with E-state index in [0.29, 0.717) is 5.75 Å². The van der Waals surface area contributed by atoms with Crippen LogP contribution in [0.2, 0.25) is 0 Å². The van der Waals surface area contributed by atoms with E-state index in [9.17, 15) is 4.79 Å². The number of amides is 1. The highest BCUT2D eigenvalue weighted by Crippen LogP contribution is 2.26. The van der Waals surface area contributed by atoms with Crippen LogP contribution >= 0.6 is 0 Å². The van der Waals surface area contributed by atoms with Gasteiger partial charge in [0.25, 0.3) is 5.91 Å². The van der Waals surface area contributed by atoms with E-state index in [1.165, 1.54) is 5.56 Å². The monoisotopic (exact) mass is 340 g/mol. The van der Waals surface area contributed by atoms with Crippen LogP contribution in [0, 0.1) is 20.8 Å². The number of nitrogens with zero attached hydrogens (tertiary/aromatic N) is 1. The zero-order chi connectivity index (χ0) is 18.8. The highest BCUT2D eigenvalue weighted by Gasteiger charge is 2.19. The molecule has 1 heterocycles. The summed E-state index contributed by atoms with van der Waals surface area (Å²) in [6.07, 6.45) is -0.602. The topological polar surface area (TPSA) is 51.2 Å². The molecule has 1 N–H and O–H groups in total. The van der Waals surface area contributed by atoms with E-state index < -0.39 is 6.10 Å². The summed E-state index contributed by atoms with van der Waals surface area (Å²) in [6, 6.07) is 9.86. The zero-order valence-electron chi connectivity index (χ0n) is 16.2. The SMILES string of the molecule is Cc1cc(C)c(NC(=O)C(C)Oc2cccc(C(C)(C)C)c2)c(C)n1. The van der Waals surface area contributed by atoms with E-state index in [4.69, 9.17) is 4.74 Å². The van der Waals surface area contributed by atoms with Crippen molar-refractivity contribution in [2.24, 2.45) is 0 Å². The second-order valence-electron chi connectivity index (χ2n) is 7.57. The van der Waals surface area contributed by atoms with Gasteiger partial charge in [-0.2, -0.15) is 0 Å². The van der Waals surface area contributed by atoms with Gasteiger partial charge in [-0.15, -0.1) is 0 Å². The van der Waals surface area contributed by atoms with Crippen LogP contribution in [0.25, 0.3) is 0 Å². The van der Waals surface area contributed by atoms with Gasteiger partial charge in [-0.05, 0) is 62.4 Å². The first-order valence-electron chi connectivity index (χ1n) is 8.61. The van der Waals surface area contributed by atoms with Crippen molar-refractivity contribution in [1.29, 1.82) is 0 Å². The minimum Gasteiger partial charge on any atom is -0.481 e. The number of carbonyl (C=O) groups is 1. The lowest BCUT2D eigenvalue weighted by molar-refractivity contribution is -0.122. The molecular weight excluding hydrogens is 312 g/mol. The Balaban J connectivity index is 2.11. The van der Waals surface area contributed by atoms with E-state index >= 15 is 0 Å². The van der Waals surface area contributed by atoms with Crippen LogP contribution in [0.4, 0.5) is 5.69 Å². The third-order valence-corrected chi connectivity index (χ3v) is 4.16. The van der Waals surface area contributed by atoms with Crippen LogP contribution in [-0.2, 0) is 10.2 Å². The van der Waals surface area contributed by atoms with Crippen molar-refractivity contribution in [3.63, 3.8) is 0 Å². The molecule has 1 aromatic carbocycles. The molecule has 1 aromatic heterocycles. The first-order chi connectivity index (χ1) is 11.6. The molecule has 25 heavy (non-hydrogen) atoms. The smallest absolute Gasteiger partial charge is 0.265 e. The van der Waals surface area contributed by atoms with Crippen molar-refractivity contribution in [3.8, 4) is 5.75 Å². The molecule has 1 unspecified atom stereocenters. The first kappa shape index (κ1) is 19.0. The summed E-state index contributed by atoms with van der Waals surface area (Å²) < 4.78 is 5.86. The number of anilines is 1. The number of rotatable bonds is 4. The summed E-state index contributed by atoms with van der Waals surface area (Å²) in [6.45, 7) is 14.0. The standard InChI is InChI=1S/C21H28N2O2/c1-13-11-14(2)22-15(3)19(13)23-20(24)16(4)25-18-10-8-9-17(12-18)21(5,6)7/h8-12,16H,1-7H3,(H,23,24). The highest BCUT2D eigenvalue weighted by molar-refractivity contribution is 5.95. The second-order valence-corrected chi connectivity index (χ2v) is 7.57. The number of hydrogen-bond donors (Lipinski definition) is 1. The molecule has 2 rings (SSSR count). The summed E-state index contributed by atoms with van der Waals surface area (Å²) in [4.78, 5) is 16.9. The van der Waals surface area contributed by atoms with Gasteiger partial charge < -0.3 is 10.1 Å². The Morgan fingerprint density at radius 1 is 1.16 bits per heavy atom. The Labute approximate surface area is 150 Å². The average Bonchev–Trinajstić information content (AvgIpc) is 2.50. The Hall–Kier alpha value is -2.36. The predicted molar refractivity (Wildman–Crippen MR) is 102 cm³/mol. The summed E-state index contributed by atoms with van der Waals surface area (Å²) >= 11 is 0. The van der Waals surface area contributed by atoms with Crippen LogP contribution in [0.3, 0.4) is 0 Å². The molecule has 0 saturated carbocycles. The maximum Gasteiger partial charge on any atom is 0.265 e. The Bertz CT molecular complexity index is 753. The molecule has 1 amide bonds. The zero-order valence-corrected chi connectivity index (χ0v) is 16.2. The molecule has 4 heteroatoms. The maximum atomic E-state index is 12.5. The fourth-order valence-corrected chi connectivity index (χ4v) is 2.73. The molecule has 4 nitrogen and oxygen atoms in total. The van der Waals surface area contributed by atoms with Crippen molar-refractivity contribution in [2.45, 2.75) is 60.0 Å². The quantitative estimate of drug-likeness (QED) is 0.877. The number of nitrogens with one attached hydrogen (secondary N) is 1. The van der Waals surface area contributed by atoms with Crippen LogP contribution in [-0.4, -0.2) is 17.0 Å². The fraction of sp³-hybridized carbons (Fsp3) is 0.429. The molecule has 0 aliphatic rings. The summed E-state index contributed by atoms with van der Waals surface area (Å²) in [5, 5.41) is 2.94. The van der Waals surface area contributed by atoms with Crippen LogP contribution in [0.1, 0.15) is 50.2 Å². The van der Waals surface area contributed by atoms with Crippen LogP contribution in [0.5, 0.6) is 5.75 Å². The lowest BCUT2D eigenvalue weighted by Gasteiger charge is -2.21. The van der Waals surface area contributed by atoms with E-state index in [2.05, 4.69) is 37.1 Å². The predicted octanol–water partition coefficient (Wildman–Crippen LogP) is 4.71. The first-order valence-corrected chi connectivity index (χ1v) is 8.61. The van der Waals surface area contributed by atoms with Crippen molar-refractivity contribution in [2.75, 3.05) is 5.32 Å². The van der Waals surface area contributed by atoms with Crippen molar-refractivity contribution < 1.29 is 9.53 Å². The normalized spacial score (nSPS) is 12.6. The van der Waals surface area contributed by atoms with Gasteiger partial charge in [0.05, 0.1) is 11.4 Å². The number of carbonyl (C=O) groups excluding carboxylic acids is 1. The average molecular weight is 340 g/mol. The molecule has 0 aliphatic carbocycles. The maximum absolute atomic E-state index is 12.5. The van der Waals surface area contributed by atoms with Gasteiger partial charge in [-0.1, -0.05) is 32.9 Å². The Kier molecular flexibility index (Phi) is 5.51. The van der Waals surface area contributed by atoms with Gasteiger partial charge in [0.15, 0.2) is 6.10 Å². The number of benzene rings is 1. The van der Waals surface area contributed by atoms with Crippen molar-refractivity contribution in [1.82, 2.24) is 4.98 Å². The molecule has 0 saturated heterocycles. The number of aromatic nitrogens is 1. The third kappa shape index (κ3) is 4.81. The molecular formula is C21H28N2O2. The minimum atomic E-state index is -0.602. The van der Waals surface area contributed by atoms with Gasteiger partial charge >= 0.3 is 0 Å². The second kappa shape index (κ2) is 7.26. The molecule has 0 bridgehead atoms. The van der Waals surface area contributed by atoms with Gasteiger partial charge in [-0.3, -0.25) is 9.78 Å². The number of hydrogen-bond acceptors (Lipinski definition) is 3. The summed E-state index contributed by atoms with van der Waals surface area (Å²) in [5.41, 5.74) is 4.72. The van der Waals surface area contributed by atoms with Crippen molar-refractivity contribution in [3.05, 3.63) is 52.8 Å². The van der Waals surface area contributed by atoms with E-state index in [-0.39, 0.29) is 11.3 Å². The van der Waals surface area contributed by atoms with Crippen molar-refractivity contribution >= 4 is 11.6 Å². The lowest BCUT2D eigenvalue weighted by Crippen LogP contribution is -2.31. The van der Waals surface area contributed by atoms with Gasteiger partial charge in [-0.25, -0.2) is 0 Å². The molecule has 134 valence electrons. The minimum absolute atomic E-state index is 0.0344. The van der Waals surface area contributed by atoms with Gasteiger partial charge in [0, 0.05) is 5.69 Å². The third-order valence-electron chi connectivity index (χ3n) is 4.16. The molecule has 0 aliphatic heterocycles. The fourth-order valence-electron chi connectivity index (χ4n) is 2.73. The van der Waals surface area contributed by atoms with Gasteiger partial charge in [0.2, 0.25) is 0 Å². The van der Waals surface area contributed by atoms with Gasteiger partial charge in [0.1, 0.15) is 5.75 Å². The number of pyridine rings is 1. The summed E-state index contributed by atoms with van der Waals surface area (Å²) in [7, 11) is 0. The molecule has 0 radical (unpaired) electrons. The largest absolute Gasteiger partial charge is 0.481 e. The van der Waals surface area contributed by atoms with Crippen LogP contribution < -0.4 is 10.1 Å². The molecule has 0 spiro atoms. The molecule has 0 fully saturated rings. The number of ether oxygens (including phenoxy) is 1. The van der Waals surface area contributed by atoms with E-state index in [1.807, 2.05) is 45.0 Å². The highest BCUT2D eigenvalue weighted by atomic mass is 16.5. The summed E-state index contributed by atoms with van der Waals surface area (Å²) in [5.74, 6) is 0.517.